The second kappa shape index (κ2) is 5.17. The minimum Gasteiger partial charge on any atom is -0.395 e. The van der Waals surface area contributed by atoms with E-state index >= 15 is 0 Å². The van der Waals surface area contributed by atoms with Gasteiger partial charge in [0.25, 0.3) is 0 Å². The van der Waals surface area contributed by atoms with Crippen molar-refractivity contribution in [2.75, 3.05) is 5.73 Å². The Labute approximate surface area is 116 Å². The van der Waals surface area contributed by atoms with E-state index in [4.69, 9.17) is 22.0 Å². The van der Waals surface area contributed by atoms with Crippen LogP contribution >= 0.6 is 0 Å². The number of rotatable bonds is 2. The maximum atomic E-state index is 8.82. The molecule has 1 heterocycles. The van der Waals surface area contributed by atoms with Gasteiger partial charge in [0.1, 0.15) is 30.0 Å². The van der Waals surface area contributed by atoms with Crippen LogP contribution in [0.2, 0.25) is 0 Å². The number of nitriles is 2. The molecule has 0 radical (unpaired) electrons. The Hall–Kier alpha value is -3.25. The fraction of sp³-hybridized carbons (Fsp3) is 0.0714. The molecule has 4 N–H and O–H groups in total. The number of nitrogen functional groups attached to an aromatic ring is 1. The number of hydrogen-bond donors (Lipinski definition) is 2. The first-order valence-corrected chi connectivity index (χ1v) is 5.78. The van der Waals surface area contributed by atoms with E-state index < -0.39 is 0 Å². The topological polar surface area (TPSA) is 117 Å². The van der Waals surface area contributed by atoms with Crippen LogP contribution < -0.4 is 11.5 Å². The number of nitrogens with two attached hydrogens (primary N) is 2. The molecule has 0 unspecified atom stereocenters. The van der Waals surface area contributed by atoms with Gasteiger partial charge in [-0.3, -0.25) is 4.57 Å². The third kappa shape index (κ3) is 2.18. The summed E-state index contributed by atoms with van der Waals surface area (Å²) in [4.78, 5) is 4.08. The van der Waals surface area contributed by atoms with Crippen LogP contribution in [0.15, 0.2) is 36.2 Å². The number of allylic oxidation sites excluding steroid dienone is 1. The molecule has 98 valence electrons. The van der Waals surface area contributed by atoms with Gasteiger partial charge in [-0.2, -0.15) is 10.5 Å². The Kier molecular flexibility index (Phi) is 3.41. The molecule has 2 rings (SSSR count). The molecule has 0 aliphatic carbocycles. The van der Waals surface area contributed by atoms with Crippen LogP contribution in [-0.4, -0.2) is 9.55 Å². The number of benzene rings is 1. The molecule has 6 heteroatoms. The average molecular weight is 264 g/mol. The van der Waals surface area contributed by atoms with Crippen LogP contribution in [-0.2, 0) is 0 Å². The first-order valence-electron chi connectivity index (χ1n) is 5.78. The van der Waals surface area contributed by atoms with E-state index in [1.54, 1.807) is 16.7 Å². The van der Waals surface area contributed by atoms with Crippen LogP contribution in [0.1, 0.15) is 11.3 Å². The first kappa shape index (κ1) is 13.2. The minimum atomic E-state index is -0.203. The molecule has 0 saturated carbocycles. The van der Waals surface area contributed by atoms with Gasteiger partial charge in [-0.15, -0.1) is 0 Å². The molecule has 0 atom stereocenters. The quantitative estimate of drug-likeness (QED) is 0.796. The fourth-order valence-electron chi connectivity index (χ4n) is 1.74. The zero-order valence-electron chi connectivity index (χ0n) is 10.8. The van der Waals surface area contributed by atoms with Crippen molar-refractivity contribution >= 4 is 11.5 Å². The smallest absolute Gasteiger partial charge is 0.154 e. The molecule has 0 fully saturated rings. The summed E-state index contributed by atoms with van der Waals surface area (Å²) in [6.07, 6.45) is 1.51. The summed E-state index contributed by atoms with van der Waals surface area (Å²) in [5, 5.41) is 17.6. The zero-order chi connectivity index (χ0) is 14.7. The maximum absolute atomic E-state index is 8.82. The van der Waals surface area contributed by atoms with Crippen molar-refractivity contribution < 1.29 is 0 Å². The van der Waals surface area contributed by atoms with Gasteiger partial charge in [-0.1, -0.05) is 17.7 Å². The lowest BCUT2D eigenvalue weighted by atomic mass is 10.2. The molecule has 0 saturated heterocycles. The number of aryl methyl sites for hydroxylation is 1. The highest BCUT2D eigenvalue weighted by atomic mass is 15.1. The Morgan fingerprint density at radius 1 is 1.20 bits per heavy atom. The number of hydrogen-bond acceptors (Lipinski definition) is 5. The summed E-state index contributed by atoms with van der Waals surface area (Å²) in [5.41, 5.74) is 13.7. The van der Waals surface area contributed by atoms with E-state index in [0.29, 0.717) is 0 Å². The summed E-state index contributed by atoms with van der Waals surface area (Å²) in [5.74, 6) is 0.286. The number of imidazole rings is 1. The largest absolute Gasteiger partial charge is 0.395 e. The third-order valence-corrected chi connectivity index (χ3v) is 2.86. The highest BCUT2D eigenvalue weighted by molar-refractivity contribution is 5.76. The molecule has 20 heavy (non-hydrogen) atoms. The second-order valence-electron chi connectivity index (χ2n) is 4.20. The van der Waals surface area contributed by atoms with E-state index in [1.165, 1.54) is 6.33 Å². The van der Waals surface area contributed by atoms with E-state index in [9.17, 15) is 0 Å². The average Bonchev–Trinajstić information content (AvgIpc) is 2.83. The fourth-order valence-corrected chi connectivity index (χ4v) is 1.74. The van der Waals surface area contributed by atoms with Crippen molar-refractivity contribution in [3.8, 4) is 17.8 Å². The predicted octanol–water partition coefficient (Wildman–Crippen LogP) is 1.48. The minimum absolute atomic E-state index is 0.0154. The molecular weight excluding hydrogens is 252 g/mol. The van der Waals surface area contributed by atoms with Crippen LogP contribution in [0.4, 0.5) is 5.82 Å². The van der Waals surface area contributed by atoms with Gasteiger partial charge < -0.3 is 11.5 Å². The standard InChI is InChI=1S/C14H12N6/c1-9-2-4-11(5-3-9)20-8-19-13(14(20)18)12(17)10(6-15)7-16/h2-5,8H,17-18H2,1H3. The van der Waals surface area contributed by atoms with E-state index in [2.05, 4.69) is 4.98 Å². The SMILES string of the molecule is Cc1ccc(-n2cnc(C(N)=C(C#N)C#N)c2N)cc1. The molecule has 0 aliphatic heterocycles. The normalized spacial score (nSPS) is 9.55. The van der Waals surface area contributed by atoms with Crippen LogP contribution in [0.5, 0.6) is 0 Å². The van der Waals surface area contributed by atoms with Gasteiger partial charge in [-0.25, -0.2) is 4.98 Å². The van der Waals surface area contributed by atoms with Gasteiger partial charge in [-0.05, 0) is 19.1 Å². The molecule has 0 amide bonds. The van der Waals surface area contributed by atoms with Gasteiger partial charge in [0.2, 0.25) is 0 Å². The number of aromatic nitrogens is 2. The van der Waals surface area contributed by atoms with Crippen molar-refractivity contribution in [3.63, 3.8) is 0 Å². The number of anilines is 1. The Morgan fingerprint density at radius 3 is 2.35 bits per heavy atom. The van der Waals surface area contributed by atoms with Gasteiger partial charge in [0.15, 0.2) is 5.57 Å². The zero-order valence-corrected chi connectivity index (χ0v) is 10.8. The highest BCUT2D eigenvalue weighted by Gasteiger charge is 2.14. The van der Waals surface area contributed by atoms with Crippen LogP contribution in [0, 0.1) is 29.6 Å². The van der Waals surface area contributed by atoms with Crippen molar-refractivity contribution in [2.45, 2.75) is 6.92 Å². The van der Waals surface area contributed by atoms with Gasteiger partial charge in [0.05, 0.1) is 5.70 Å². The Bertz CT molecular complexity index is 736. The summed E-state index contributed by atoms with van der Waals surface area (Å²) in [6, 6.07) is 11.1. The van der Waals surface area contributed by atoms with Crippen molar-refractivity contribution in [1.29, 1.82) is 10.5 Å². The summed E-state index contributed by atoms with van der Waals surface area (Å²) >= 11 is 0. The van der Waals surface area contributed by atoms with Crippen LogP contribution in [0.25, 0.3) is 11.4 Å². The summed E-state index contributed by atoms with van der Waals surface area (Å²) in [7, 11) is 0. The summed E-state index contributed by atoms with van der Waals surface area (Å²) in [6.45, 7) is 1.99. The summed E-state index contributed by atoms with van der Waals surface area (Å²) < 4.78 is 1.65. The lowest BCUT2D eigenvalue weighted by Gasteiger charge is -2.06. The highest BCUT2D eigenvalue weighted by Crippen LogP contribution is 2.22. The van der Waals surface area contributed by atoms with Crippen molar-refractivity contribution in [2.24, 2.45) is 5.73 Å². The van der Waals surface area contributed by atoms with E-state index in [-0.39, 0.29) is 22.8 Å². The van der Waals surface area contributed by atoms with Crippen LogP contribution in [0.3, 0.4) is 0 Å². The monoisotopic (exact) mass is 264 g/mol. The Balaban J connectivity index is 2.53. The predicted molar refractivity (Wildman–Crippen MR) is 75.0 cm³/mol. The van der Waals surface area contributed by atoms with Gasteiger partial charge in [0, 0.05) is 5.69 Å². The lowest BCUT2D eigenvalue weighted by molar-refractivity contribution is 1.07. The molecule has 0 aliphatic rings. The van der Waals surface area contributed by atoms with E-state index in [0.717, 1.165) is 11.3 Å². The molecular formula is C14H12N6. The molecule has 2 aromatic rings. The maximum Gasteiger partial charge on any atom is 0.154 e. The molecule has 0 spiro atoms. The third-order valence-electron chi connectivity index (χ3n) is 2.86. The first-order chi connectivity index (χ1) is 9.58. The molecule has 1 aromatic carbocycles. The van der Waals surface area contributed by atoms with Crippen molar-refractivity contribution in [1.82, 2.24) is 9.55 Å². The molecule has 1 aromatic heterocycles. The number of nitrogens with zero attached hydrogens (tertiary/aromatic N) is 4. The van der Waals surface area contributed by atoms with E-state index in [1.807, 2.05) is 31.2 Å². The lowest BCUT2D eigenvalue weighted by Crippen LogP contribution is -2.06. The Morgan fingerprint density at radius 2 is 1.80 bits per heavy atom. The van der Waals surface area contributed by atoms with Gasteiger partial charge >= 0.3 is 0 Å². The molecule has 0 bridgehead atoms. The molecule has 6 nitrogen and oxygen atoms in total. The van der Waals surface area contributed by atoms with Crippen molar-refractivity contribution in [3.05, 3.63) is 47.4 Å². The second-order valence-corrected chi connectivity index (χ2v) is 4.20.